The van der Waals surface area contributed by atoms with Crippen molar-refractivity contribution in [1.82, 2.24) is 15.0 Å². The minimum Gasteiger partial charge on any atom is -0.406 e. The Morgan fingerprint density at radius 1 is 1.17 bits per heavy atom. The van der Waals surface area contributed by atoms with Crippen molar-refractivity contribution in [2.75, 3.05) is 0 Å². The van der Waals surface area contributed by atoms with Crippen molar-refractivity contribution in [1.29, 1.82) is 5.26 Å². The van der Waals surface area contributed by atoms with Crippen LogP contribution in [-0.2, 0) is 0 Å². The first-order valence-electron chi connectivity index (χ1n) is 6.19. The molecule has 0 N–H and O–H groups in total. The van der Waals surface area contributed by atoms with E-state index in [1.54, 1.807) is 24.3 Å². The average Bonchev–Trinajstić information content (AvgIpc) is 2.91. The third-order valence-electron chi connectivity index (χ3n) is 2.96. The van der Waals surface area contributed by atoms with Crippen LogP contribution >= 0.6 is 0 Å². The van der Waals surface area contributed by atoms with Crippen molar-refractivity contribution in [3.63, 3.8) is 0 Å². The number of nitriles is 1. The molecule has 0 unspecified atom stereocenters. The Labute approximate surface area is 133 Å². The molecule has 0 saturated carbocycles. The van der Waals surface area contributed by atoms with Gasteiger partial charge in [-0.2, -0.15) is 5.26 Å². The van der Waals surface area contributed by atoms with Gasteiger partial charge in [-0.25, -0.2) is 9.07 Å². The molecule has 3 aromatic rings. The maximum absolute atomic E-state index is 14.3. The highest BCUT2D eigenvalue weighted by molar-refractivity contribution is 5.76. The molecular formula is C15H10F4N4O. The topological polar surface area (TPSA) is 63.7 Å². The van der Waals surface area contributed by atoms with E-state index in [2.05, 4.69) is 15.0 Å². The van der Waals surface area contributed by atoms with E-state index < -0.39 is 23.5 Å². The van der Waals surface area contributed by atoms with E-state index in [4.69, 9.17) is 5.26 Å². The molecule has 9 heteroatoms. The Bertz CT molecular complexity index is 927. The molecule has 0 saturated heterocycles. The number of halogens is 4. The van der Waals surface area contributed by atoms with Crippen LogP contribution in [0.25, 0.3) is 16.7 Å². The van der Waals surface area contributed by atoms with E-state index in [9.17, 15) is 17.6 Å². The standard InChI is InChI=1S/C14H6F4N4O.CH4/c15-13-8(7-19)5-9(23-14(16,17)18)6-12(13)22-11-4-2-1-3-10(11)20-21-22;/h1-6H;1H4. The fourth-order valence-electron chi connectivity index (χ4n) is 2.06. The highest BCUT2D eigenvalue weighted by atomic mass is 19.4. The second-order valence-corrected chi connectivity index (χ2v) is 4.45. The van der Waals surface area contributed by atoms with Crippen molar-refractivity contribution in [2.24, 2.45) is 0 Å². The first kappa shape index (κ1) is 17.2. The highest BCUT2D eigenvalue weighted by Gasteiger charge is 2.32. The Morgan fingerprint density at radius 2 is 1.88 bits per heavy atom. The number of nitrogens with zero attached hydrogens (tertiary/aromatic N) is 4. The number of ether oxygens (including phenoxy) is 1. The summed E-state index contributed by atoms with van der Waals surface area (Å²) in [5, 5.41) is 16.4. The van der Waals surface area contributed by atoms with Crippen LogP contribution in [0.2, 0.25) is 0 Å². The zero-order valence-electron chi connectivity index (χ0n) is 11.2. The van der Waals surface area contributed by atoms with Crippen LogP contribution in [0.5, 0.6) is 5.75 Å². The number of fused-ring (bicyclic) bond motifs is 1. The maximum Gasteiger partial charge on any atom is 0.573 e. The summed E-state index contributed by atoms with van der Waals surface area (Å²) in [7, 11) is 0. The van der Waals surface area contributed by atoms with E-state index >= 15 is 0 Å². The lowest BCUT2D eigenvalue weighted by Gasteiger charge is -2.12. The predicted octanol–water partition coefficient (Wildman–Crippen LogP) is 3.97. The fourth-order valence-corrected chi connectivity index (χ4v) is 2.06. The van der Waals surface area contributed by atoms with E-state index in [1.165, 1.54) is 6.07 Å². The molecule has 0 bridgehead atoms. The van der Waals surface area contributed by atoms with Gasteiger partial charge in [0.25, 0.3) is 0 Å². The Morgan fingerprint density at radius 3 is 2.54 bits per heavy atom. The summed E-state index contributed by atoms with van der Waals surface area (Å²) in [5.41, 5.74) is -0.162. The Kier molecular flexibility index (Phi) is 4.41. The summed E-state index contributed by atoms with van der Waals surface area (Å²) < 4.78 is 56.2. The van der Waals surface area contributed by atoms with Crippen molar-refractivity contribution >= 4 is 11.0 Å². The quantitative estimate of drug-likeness (QED) is 0.663. The molecule has 124 valence electrons. The largest absolute Gasteiger partial charge is 0.573 e. The third-order valence-corrected chi connectivity index (χ3v) is 2.96. The van der Waals surface area contributed by atoms with Gasteiger partial charge < -0.3 is 4.74 Å². The van der Waals surface area contributed by atoms with Crippen LogP contribution in [0, 0.1) is 17.1 Å². The molecule has 24 heavy (non-hydrogen) atoms. The fraction of sp³-hybridized carbons (Fsp3) is 0.133. The average molecular weight is 338 g/mol. The Hall–Kier alpha value is -3.15. The second-order valence-electron chi connectivity index (χ2n) is 4.45. The van der Waals surface area contributed by atoms with E-state index in [0.29, 0.717) is 17.1 Å². The van der Waals surface area contributed by atoms with Gasteiger partial charge in [0.1, 0.15) is 23.0 Å². The van der Waals surface area contributed by atoms with E-state index in [-0.39, 0.29) is 13.1 Å². The van der Waals surface area contributed by atoms with Gasteiger partial charge >= 0.3 is 6.36 Å². The maximum atomic E-state index is 14.3. The molecule has 0 aliphatic carbocycles. The summed E-state index contributed by atoms with van der Waals surface area (Å²) in [6.07, 6.45) is -4.97. The summed E-state index contributed by atoms with van der Waals surface area (Å²) in [6, 6.07) is 9.47. The van der Waals surface area contributed by atoms with Crippen molar-refractivity contribution in [3.8, 4) is 17.5 Å². The second kappa shape index (κ2) is 6.16. The van der Waals surface area contributed by atoms with Crippen molar-refractivity contribution in [3.05, 3.63) is 47.8 Å². The highest BCUT2D eigenvalue weighted by Crippen LogP contribution is 2.29. The first-order valence-corrected chi connectivity index (χ1v) is 6.19. The SMILES string of the molecule is C.N#Cc1cc(OC(F)(F)F)cc(-n2nnc3ccccc32)c1F. The lowest BCUT2D eigenvalue weighted by Crippen LogP contribution is -2.17. The lowest BCUT2D eigenvalue weighted by molar-refractivity contribution is -0.274. The van der Waals surface area contributed by atoms with Crippen LogP contribution < -0.4 is 4.74 Å². The monoisotopic (exact) mass is 338 g/mol. The summed E-state index contributed by atoms with van der Waals surface area (Å²) in [6.45, 7) is 0. The lowest BCUT2D eigenvalue weighted by atomic mass is 10.2. The number of benzene rings is 2. The van der Waals surface area contributed by atoms with Gasteiger partial charge in [0, 0.05) is 12.1 Å². The summed E-state index contributed by atoms with van der Waals surface area (Å²) in [5.74, 6) is -1.73. The van der Waals surface area contributed by atoms with Gasteiger partial charge in [-0.15, -0.1) is 18.3 Å². The summed E-state index contributed by atoms with van der Waals surface area (Å²) >= 11 is 0. The zero-order valence-corrected chi connectivity index (χ0v) is 11.2. The number of alkyl halides is 3. The van der Waals surface area contributed by atoms with Gasteiger partial charge in [0.2, 0.25) is 0 Å². The van der Waals surface area contributed by atoms with Gasteiger partial charge in [-0.3, -0.25) is 0 Å². The molecular weight excluding hydrogens is 328 g/mol. The van der Waals surface area contributed by atoms with Crippen molar-refractivity contribution < 1.29 is 22.3 Å². The first-order chi connectivity index (χ1) is 10.9. The summed E-state index contributed by atoms with van der Waals surface area (Å²) in [4.78, 5) is 0. The Balaban J connectivity index is 0.00000208. The van der Waals surface area contributed by atoms with Gasteiger partial charge in [0.15, 0.2) is 5.82 Å². The molecule has 0 atom stereocenters. The van der Waals surface area contributed by atoms with E-state index in [0.717, 1.165) is 10.7 Å². The van der Waals surface area contributed by atoms with Crippen molar-refractivity contribution in [2.45, 2.75) is 13.8 Å². The molecule has 2 aromatic carbocycles. The van der Waals surface area contributed by atoms with Crippen LogP contribution in [-0.4, -0.2) is 21.4 Å². The molecule has 1 heterocycles. The minimum absolute atomic E-state index is 0. The molecule has 0 aliphatic heterocycles. The van der Waals surface area contributed by atoms with E-state index in [1.807, 2.05) is 0 Å². The van der Waals surface area contributed by atoms with Crippen LogP contribution in [0.15, 0.2) is 36.4 Å². The molecule has 5 nitrogen and oxygen atoms in total. The number of aromatic nitrogens is 3. The molecule has 0 amide bonds. The number of rotatable bonds is 2. The van der Waals surface area contributed by atoms with Crippen LogP contribution in [0.1, 0.15) is 13.0 Å². The number of para-hydroxylation sites is 1. The molecule has 0 fully saturated rings. The predicted molar refractivity (Wildman–Crippen MR) is 77.0 cm³/mol. The number of hydrogen-bond donors (Lipinski definition) is 0. The van der Waals surface area contributed by atoms with Gasteiger partial charge in [0.05, 0.1) is 11.1 Å². The molecule has 0 aliphatic rings. The van der Waals surface area contributed by atoms with Crippen LogP contribution in [0.4, 0.5) is 17.6 Å². The van der Waals surface area contributed by atoms with Crippen LogP contribution in [0.3, 0.4) is 0 Å². The minimum atomic E-state index is -4.97. The molecule has 3 rings (SSSR count). The number of hydrogen-bond acceptors (Lipinski definition) is 4. The molecule has 0 radical (unpaired) electrons. The van der Waals surface area contributed by atoms with Gasteiger partial charge in [-0.05, 0) is 12.1 Å². The van der Waals surface area contributed by atoms with Gasteiger partial charge in [-0.1, -0.05) is 24.8 Å². The normalized spacial score (nSPS) is 11.0. The zero-order chi connectivity index (χ0) is 16.6. The molecule has 1 aromatic heterocycles. The third kappa shape index (κ3) is 3.12. The molecule has 0 spiro atoms. The smallest absolute Gasteiger partial charge is 0.406 e.